The van der Waals surface area contributed by atoms with Gasteiger partial charge in [-0.1, -0.05) is 54.1 Å². The van der Waals surface area contributed by atoms with Crippen LogP contribution in [-0.2, 0) is 17.8 Å². The van der Waals surface area contributed by atoms with Crippen LogP contribution in [0.3, 0.4) is 0 Å². The Kier molecular flexibility index (Phi) is 6.70. The molecule has 1 aromatic heterocycles. The van der Waals surface area contributed by atoms with Crippen LogP contribution in [0.1, 0.15) is 5.56 Å². The molecular weight excluding hydrogens is 450 g/mol. The van der Waals surface area contributed by atoms with E-state index in [9.17, 15) is 13.6 Å². The molecule has 0 fully saturated rings. The van der Waals surface area contributed by atoms with Gasteiger partial charge in [0.1, 0.15) is 5.75 Å². The number of aliphatic carboxylic acids is 1. The van der Waals surface area contributed by atoms with Crippen molar-refractivity contribution in [2.75, 3.05) is 6.61 Å². The number of ether oxygens (including phenoxy) is 1. The molecule has 0 radical (unpaired) electrons. The predicted octanol–water partition coefficient (Wildman–Crippen LogP) is 5.85. The molecule has 0 aliphatic carbocycles. The first-order valence-corrected chi connectivity index (χ1v) is 10.5. The quantitative estimate of drug-likeness (QED) is 0.352. The molecule has 0 bridgehead atoms. The smallest absolute Gasteiger partial charge is 0.341 e. The Morgan fingerprint density at radius 3 is 2.39 bits per heavy atom. The monoisotopic (exact) mass is 468 g/mol. The molecule has 0 spiro atoms. The van der Waals surface area contributed by atoms with Gasteiger partial charge in [0.15, 0.2) is 18.2 Å². The Labute approximate surface area is 193 Å². The maximum absolute atomic E-state index is 14.1. The first-order chi connectivity index (χ1) is 15.9. The molecule has 0 unspecified atom stereocenters. The highest BCUT2D eigenvalue weighted by Gasteiger charge is 2.19. The van der Waals surface area contributed by atoms with Gasteiger partial charge in [-0.3, -0.25) is 4.68 Å². The Bertz CT molecular complexity index is 1280. The van der Waals surface area contributed by atoms with Crippen molar-refractivity contribution in [2.45, 2.75) is 13.0 Å². The molecule has 0 aliphatic heterocycles. The molecule has 33 heavy (non-hydrogen) atoms. The Morgan fingerprint density at radius 1 is 1.00 bits per heavy atom. The second-order valence-corrected chi connectivity index (χ2v) is 7.76. The van der Waals surface area contributed by atoms with Crippen molar-refractivity contribution in [3.8, 4) is 28.3 Å². The van der Waals surface area contributed by atoms with Gasteiger partial charge in [0.25, 0.3) is 0 Å². The number of aromatic nitrogens is 2. The molecule has 1 heterocycles. The molecule has 8 heteroatoms. The minimum atomic E-state index is -1.24. The summed E-state index contributed by atoms with van der Waals surface area (Å²) in [6.45, 7) is -0.173. The van der Waals surface area contributed by atoms with Crippen molar-refractivity contribution in [1.82, 2.24) is 9.78 Å². The van der Waals surface area contributed by atoms with E-state index in [0.29, 0.717) is 23.7 Å². The summed E-state index contributed by atoms with van der Waals surface area (Å²) in [5.41, 5.74) is 3.18. The number of carboxylic acids is 1. The van der Waals surface area contributed by atoms with Crippen LogP contribution in [0.15, 0.2) is 72.8 Å². The summed E-state index contributed by atoms with van der Waals surface area (Å²) in [4.78, 5) is 10.9. The van der Waals surface area contributed by atoms with Crippen molar-refractivity contribution in [1.29, 1.82) is 0 Å². The summed E-state index contributed by atoms with van der Waals surface area (Å²) in [5, 5.41) is 14.1. The normalized spacial score (nSPS) is 10.9. The lowest BCUT2D eigenvalue weighted by atomic mass is 10.1. The zero-order chi connectivity index (χ0) is 23.4. The standard InChI is InChI=1S/C25H19ClF2N2O3/c26-18-8-6-17(7-9-18)23-14-22(29-30(23)11-10-16-4-2-1-3-5-16)19-12-20(27)21(28)13-24(19)33-15-25(31)32/h1-9,12-14H,10-11,15H2,(H,31,32). The van der Waals surface area contributed by atoms with E-state index in [4.69, 9.17) is 21.4 Å². The number of halogens is 3. The maximum Gasteiger partial charge on any atom is 0.341 e. The van der Waals surface area contributed by atoms with Crippen molar-refractivity contribution < 1.29 is 23.4 Å². The topological polar surface area (TPSA) is 64.3 Å². The van der Waals surface area contributed by atoms with Gasteiger partial charge in [-0.2, -0.15) is 5.10 Å². The van der Waals surface area contributed by atoms with E-state index in [1.165, 1.54) is 0 Å². The Balaban J connectivity index is 1.77. The lowest BCUT2D eigenvalue weighted by Gasteiger charge is -2.09. The average Bonchev–Trinajstić information content (AvgIpc) is 3.23. The van der Waals surface area contributed by atoms with Gasteiger partial charge >= 0.3 is 5.97 Å². The number of nitrogens with zero attached hydrogens (tertiary/aromatic N) is 2. The third kappa shape index (κ3) is 5.38. The van der Waals surface area contributed by atoms with E-state index >= 15 is 0 Å². The number of rotatable bonds is 8. The number of carbonyl (C=O) groups is 1. The van der Waals surface area contributed by atoms with Crippen LogP contribution in [0.4, 0.5) is 8.78 Å². The number of hydrogen-bond donors (Lipinski definition) is 1. The summed E-state index contributed by atoms with van der Waals surface area (Å²) < 4.78 is 34.9. The average molecular weight is 469 g/mol. The summed E-state index contributed by atoms with van der Waals surface area (Å²) in [5.74, 6) is -3.56. The molecule has 1 N–H and O–H groups in total. The highest BCUT2D eigenvalue weighted by atomic mass is 35.5. The van der Waals surface area contributed by atoms with Crippen molar-refractivity contribution >= 4 is 17.6 Å². The highest BCUT2D eigenvalue weighted by Crippen LogP contribution is 2.34. The van der Waals surface area contributed by atoms with Gasteiger partial charge in [0.05, 0.1) is 11.4 Å². The zero-order valence-electron chi connectivity index (χ0n) is 17.3. The van der Waals surface area contributed by atoms with E-state index in [0.717, 1.165) is 29.0 Å². The Morgan fingerprint density at radius 2 is 1.70 bits per heavy atom. The third-order valence-electron chi connectivity index (χ3n) is 5.02. The third-order valence-corrected chi connectivity index (χ3v) is 5.28. The van der Waals surface area contributed by atoms with Gasteiger partial charge in [-0.15, -0.1) is 0 Å². The second-order valence-electron chi connectivity index (χ2n) is 7.33. The fraction of sp³-hybridized carbons (Fsp3) is 0.120. The van der Waals surface area contributed by atoms with E-state index in [1.54, 1.807) is 22.9 Å². The van der Waals surface area contributed by atoms with Gasteiger partial charge in [-0.05, 0) is 41.8 Å². The summed E-state index contributed by atoms with van der Waals surface area (Å²) in [7, 11) is 0. The van der Waals surface area contributed by atoms with Crippen LogP contribution >= 0.6 is 11.6 Å². The van der Waals surface area contributed by atoms with Crippen LogP contribution in [-0.4, -0.2) is 27.5 Å². The van der Waals surface area contributed by atoms with Crippen LogP contribution in [0.2, 0.25) is 5.02 Å². The summed E-state index contributed by atoms with van der Waals surface area (Å²) >= 11 is 6.03. The minimum absolute atomic E-state index is 0.105. The van der Waals surface area contributed by atoms with Gasteiger partial charge in [-0.25, -0.2) is 13.6 Å². The number of carboxylic acid groups (broad SMARTS) is 1. The Hall–Kier alpha value is -3.71. The van der Waals surface area contributed by atoms with Gasteiger partial charge < -0.3 is 9.84 Å². The fourth-order valence-corrected chi connectivity index (χ4v) is 3.57. The van der Waals surface area contributed by atoms with Gasteiger partial charge in [0.2, 0.25) is 0 Å². The molecule has 0 saturated heterocycles. The largest absolute Gasteiger partial charge is 0.481 e. The number of hydrogen-bond acceptors (Lipinski definition) is 3. The zero-order valence-corrected chi connectivity index (χ0v) is 18.1. The molecule has 0 amide bonds. The van der Waals surface area contributed by atoms with Crippen molar-refractivity contribution in [3.05, 3.63) is 95.0 Å². The summed E-state index contributed by atoms with van der Waals surface area (Å²) in [6.07, 6.45) is 0.697. The van der Waals surface area contributed by atoms with Gasteiger partial charge in [0, 0.05) is 23.2 Å². The molecule has 4 aromatic rings. The lowest BCUT2D eigenvalue weighted by Crippen LogP contribution is -2.10. The highest BCUT2D eigenvalue weighted by molar-refractivity contribution is 6.30. The minimum Gasteiger partial charge on any atom is -0.481 e. The van der Waals surface area contributed by atoms with Crippen molar-refractivity contribution in [3.63, 3.8) is 0 Å². The summed E-state index contributed by atoms with van der Waals surface area (Å²) in [6, 6.07) is 20.6. The molecule has 3 aromatic carbocycles. The predicted molar refractivity (Wildman–Crippen MR) is 121 cm³/mol. The van der Waals surface area contributed by atoms with E-state index in [-0.39, 0.29) is 11.3 Å². The lowest BCUT2D eigenvalue weighted by molar-refractivity contribution is -0.139. The van der Waals surface area contributed by atoms with E-state index in [2.05, 4.69) is 5.10 Å². The molecule has 0 saturated carbocycles. The molecule has 4 rings (SSSR count). The second kappa shape index (κ2) is 9.83. The first-order valence-electron chi connectivity index (χ1n) is 10.1. The van der Waals surface area contributed by atoms with E-state index in [1.807, 2.05) is 42.5 Å². The van der Waals surface area contributed by atoms with Crippen LogP contribution in [0.5, 0.6) is 5.75 Å². The van der Waals surface area contributed by atoms with E-state index < -0.39 is 24.2 Å². The van der Waals surface area contributed by atoms with Crippen LogP contribution in [0.25, 0.3) is 22.5 Å². The maximum atomic E-state index is 14.1. The first kappa shape index (κ1) is 22.5. The molecule has 0 atom stereocenters. The van der Waals surface area contributed by atoms with Crippen molar-refractivity contribution in [2.24, 2.45) is 0 Å². The SMILES string of the molecule is O=C(O)COc1cc(F)c(F)cc1-c1cc(-c2ccc(Cl)cc2)n(CCc2ccccc2)n1. The molecule has 0 aliphatic rings. The molecular formula is C25H19ClF2N2O3. The van der Waals surface area contributed by atoms with Crippen LogP contribution in [0, 0.1) is 11.6 Å². The molecule has 5 nitrogen and oxygen atoms in total. The van der Waals surface area contributed by atoms with Crippen LogP contribution < -0.4 is 4.74 Å². The number of aryl methyl sites for hydroxylation is 2. The molecule has 168 valence electrons. The fourth-order valence-electron chi connectivity index (χ4n) is 3.44. The number of benzene rings is 3.